The van der Waals surface area contributed by atoms with Crippen molar-refractivity contribution in [2.75, 3.05) is 23.9 Å². The second-order valence-electron chi connectivity index (χ2n) is 6.75. The van der Waals surface area contributed by atoms with Crippen LogP contribution in [0.25, 0.3) is 10.6 Å². The van der Waals surface area contributed by atoms with Gasteiger partial charge in [-0.1, -0.05) is 12.1 Å². The maximum atomic E-state index is 12.7. The highest BCUT2D eigenvalue weighted by atomic mass is 32.1. The molecule has 0 unspecified atom stereocenters. The number of alkyl halides is 3. The number of carbonyl (C=O) groups excluding carboxylic acids is 2. The second kappa shape index (κ2) is 9.82. The zero-order chi connectivity index (χ0) is 23.3. The number of nitrogens with zero attached hydrogens (tertiary/aromatic N) is 2. The number of ether oxygens (including phenoxy) is 1. The molecule has 0 aliphatic carbocycles. The Labute approximate surface area is 186 Å². The molecule has 0 aliphatic heterocycles. The van der Waals surface area contributed by atoms with Crippen LogP contribution in [0.15, 0.2) is 53.9 Å². The van der Waals surface area contributed by atoms with E-state index in [0.29, 0.717) is 27.6 Å². The lowest BCUT2D eigenvalue weighted by Gasteiger charge is -2.16. The Morgan fingerprint density at radius 3 is 2.34 bits per heavy atom. The molecule has 2 amide bonds. The molecule has 0 fully saturated rings. The SMILES string of the molecule is CCOC(=O)N(C)c1ccc(NC(=O)Cc2csc(-c3ccc(C(F)(F)F)cc3)n2)cc1. The molecule has 10 heteroatoms. The van der Waals surface area contributed by atoms with Gasteiger partial charge in [0, 0.05) is 29.4 Å². The van der Waals surface area contributed by atoms with Gasteiger partial charge in [-0.05, 0) is 43.3 Å². The van der Waals surface area contributed by atoms with Crippen LogP contribution >= 0.6 is 11.3 Å². The summed E-state index contributed by atoms with van der Waals surface area (Å²) in [6, 6.07) is 11.4. The Balaban J connectivity index is 1.59. The van der Waals surface area contributed by atoms with E-state index in [-0.39, 0.29) is 18.9 Å². The fraction of sp³-hybridized carbons (Fsp3) is 0.227. The van der Waals surface area contributed by atoms with Gasteiger partial charge in [-0.25, -0.2) is 9.78 Å². The number of anilines is 2. The molecule has 3 rings (SSSR count). The van der Waals surface area contributed by atoms with E-state index in [1.54, 1.807) is 43.6 Å². The van der Waals surface area contributed by atoms with Gasteiger partial charge in [-0.15, -0.1) is 11.3 Å². The van der Waals surface area contributed by atoms with Crippen molar-refractivity contribution >= 4 is 34.7 Å². The molecule has 0 spiro atoms. The van der Waals surface area contributed by atoms with Gasteiger partial charge in [0.2, 0.25) is 5.91 Å². The summed E-state index contributed by atoms with van der Waals surface area (Å²) >= 11 is 1.25. The van der Waals surface area contributed by atoms with E-state index >= 15 is 0 Å². The van der Waals surface area contributed by atoms with Crippen molar-refractivity contribution in [3.05, 3.63) is 65.2 Å². The van der Waals surface area contributed by atoms with Crippen molar-refractivity contribution in [2.45, 2.75) is 19.5 Å². The quantitative estimate of drug-likeness (QED) is 0.516. The number of amides is 2. The fourth-order valence-electron chi connectivity index (χ4n) is 2.79. The highest BCUT2D eigenvalue weighted by Gasteiger charge is 2.30. The van der Waals surface area contributed by atoms with Gasteiger partial charge in [0.05, 0.1) is 24.3 Å². The molecule has 0 bridgehead atoms. The smallest absolute Gasteiger partial charge is 0.416 e. The van der Waals surface area contributed by atoms with E-state index in [2.05, 4.69) is 10.3 Å². The summed E-state index contributed by atoms with van der Waals surface area (Å²) in [5.74, 6) is -0.291. The topological polar surface area (TPSA) is 71.5 Å². The lowest BCUT2D eigenvalue weighted by Crippen LogP contribution is -2.26. The van der Waals surface area contributed by atoms with Gasteiger partial charge in [0.15, 0.2) is 0 Å². The summed E-state index contributed by atoms with van der Waals surface area (Å²) < 4.78 is 43.0. The van der Waals surface area contributed by atoms with E-state index < -0.39 is 17.8 Å². The van der Waals surface area contributed by atoms with Gasteiger partial charge in [0.25, 0.3) is 0 Å². The van der Waals surface area contributed by atoms with E-state index in [0.717, 1.165) is 12.1 Å². The Morgan fingerprint density at radius 1 is 1.09 bits per heavy atom. The predicted molar refractivity (Wildman–Crippen MR) is 117 cm³/mol. The van der Waals surface area contributed by atoms with Crippen molar-refractivity contribution in [1.29, 1.82) is 0 Å². The molecule has 1 aromatic heterocycles. The molecule has 0 saturated carbocycles. The minimum atomic E-state index is -4.39. The maximum Gasteiger partial charge on any atom is 0.416 e. The predicted octanol–water partition coefficient (Wildman–Crippen LogP) is 5.60. The summed E-state index contributed by atoms with van der Waals surface area (Å²) in [5.41, 5.74) is 1.50. The number of thiazole rings is 1. The summed E-state index contributed by atoms with van der Waals surface area (Å²) in [7, 11) is 1.59. The third kappa shape index (κ3) is 5.85. The molecule has 3 aromatic rings. The lowest BCUT2D eigenvalue weighted by molar-refractivity contribution is -0.137. The van der Waals surface area contributed by atoms with Crippen LogP contribution in [0.1, 0.15) is 18.2 Å². The highest BCUT2D eigenvalue weighted by Crippen LogP contribution is 2.31. The summed E-state index contributed by atoms with van der Waals surface area (Å²) in [5, 5.41) is 4.98. The first-order chi connectivity index (χ1) is 15.2. The minimum absolute atomic E-state index is 0.0155. The summed E-state index contributed by atoms with van der Waals surface area (Å²) in [6.45, 7) is 1.99. The molecule has 0 radical (unpaired) electrons. The van der Waals surface area contributed by atoms with Crippen LogP contribution < -0.4 is 10.2 Å². The lowest BCUT2D eigenvalue weighted by atomic mass is 10.1. The van der Waals surface area contributed by atoms with Gasteiger partial charge >= 0.3 is 12.3 Å². The molecule has 6 nitrogen and oxygen atoms in total. The standard InChI is InChI=1S/C22H20F3N3O3S/c1-3-31-21(30)28(2)18-10-8-16(9-11-18)26-19(29)12-17-13-32-20(27-17)14-4-6-15(7-5-14)22(23,24)25/h4-11,13H,3,12H2,1-2H3,(H,26,29). The first-order valence-corrected chi connectivity index (χ1v) is 10.5. The molecule has 0 atom stereocenters. The van der Waals surface area contributed by atoms with Crippen molar-refractivity contribution in [3.63, 3.8) is 0 Å². The first-order valence-electron chi connectivity index (χ1n) is 9.60. The van der Waals surface area contributed by atoms with Crippen molar-refractivity contribution in [3.8, 4) is 10.6 Å². The zero-order valence-corrected chi connectivity index (χ0v) is 18.1. The molecule has 2 aromatic carbocycles. The van der Waals surface area contributed by atoms with Crippen molar-refractivity contribution in [1.82, 2.24) is 4.98 Å². The van der Waals surface area contributed by atoms with E-state index in [9.17, 15) is 22.8 Å². The normalized spacial score (nSPS) is 11.2. The van der Waals surface area contributed by atoms with Gasteiger partial charge < -0.3 is 10.1 Å². The van der Waals surface area contributed by atoms with Crippen LogP contribution in [0.5, 0.6) is 0 Å². The summed E-state index contributed by atoms with van der Waals surface area (Å²) in [6.07, 6.45) is -4.85. The van der Waals surface area contributed by atoms with Crippen molar-refractivity contribution < 1.29 is 27.5 Å². The van der Waals surface area contributed by atoms with E-state index in [1.165, 1.54) is 28.4 Å². The third-order valence-corrected chi connectivity index (χ3v) is 5.37. The molecular weight excluding hydrogens is 443 g/mol. The number of nitrogens with one attached hydrogen (secondary N) is 1. The average molecular weight is 463 g/mol. The molecule has 1 heterocycles. The number of benzene rings is 2. The van der Waals surface area contributed by atoms with Crippen LogP contribution in [0.2, 0.25) is 0 Å². The van der Waals surface area contributed by atoms with Crippen molar-refractivity contribution in [2.24, 2.45) is 0 Å². The van der Waals surface area contributed by atoms with Crippen LogP contribution in [0.3, 0.4) is 0 Å². The fourth-order valence-corrected chi connectivity index (χ4v) is 3.61. The molecule has 0 aliphatic rings. The number of hydrogen-bond donors (Lipinski definition) is 1. The largest absolute Gasteiger partial charge is 0.449 e. The van der Waals surface area contributed by atoms with Crippen LogP contribution in [0, 0.1) is 0 Å². The van der Waals surface area contributed by atoms with Gasteiger partial charge in [-0.2, -0.15) is 13.2 Å². The average Bonchev–Trinajstić information content (AvgIpc) is 3.21. The first kappa shape index (κ1) is 23.3. The maximum absolute atomic E-state index is 12.7. The number of hydrogen-bond acceptors (Lipinski definition) is 5. The van der Waals surface area contributed by atoms with E-state index in [4.69, 9.17) is 4.74 Å². The summed E-state index contributed by atoms with van der Waals surface area (Å²) in [4.78, 5) is 29.8. The monoisotopic (exact) mass is 463 g/mol. The molecule has 168 valence electrons. The van der Waals surface area contributed by atoms with E-state index in [1.807, 2.05) is 0 Å². The van der Waals surface area contributed by atoms with Gasteiger partial charge in [0.1, 0.15) is 5.01 Å². The Kier molecular flexibility index (Phi) is 7.14. The van der Waals surface area contributed by atoms with Crippen LogP contribution in [-0.2, 0) is 22.1 Å². The Morgan fingerprint density at radius 2 is 1.75 bits per heavy atom. The zero-order valence-electron chi connectivity index (χ0n) is 17.3. The van der Waals surface area contributed by atoms with Crippen LogP contribution in [-0.4, -0.2) is 30.6 Å². The number of halogens is 3. The molecule has 1 N–H and O–H groups in total. The number of rotatable bonds is 6. The number of carbonyl (C=O) groups is 2. The minimum Gasteiger partial charge on any atom is -0.449 e. The Hall–Kier alpha value is -3.40. The molecular formula is C22H20F3N3O3S. The Bertz CT molecular complexity index is 1080. The van der Waals surface area contributed by atoms with Crippen LogP contribution in [0.4, 0.5) is 29.3 Å². The third-order valence-electron chi connectivity index (χ3n) is 4.43. The second-order valence-corrected chi connectivity index (χ2v) is 7.61. The van der Waals surface area contributed by atoms with Gasteiger partial charge in [-0.3, -0.25) is 9.69 Å². The molecule has 0 saturated heterocycles. The highest BCUT2D eigenvalue weighted by molar-refractivity contribution is 7.13. The number of aromatic nitrogens is 1. The molecule has 32 heavy (non-hydrogen) atoms.